The van der Waals surface area contributed by atoms with Gasteiger partial charge in [0.05, 0.1) is 5.69 Å². The molecule has 0 amide bonds. The van der Waals surface area contributed by atoms with E-state index >= 15 is 0 Å². The Hall–Kier alpha value is -2.34. The van der Waals surface area contributed by atoms with Crippen molar-refractivity contribution in [3.8, 4) is 5.69 Å². The van der Waals surface area contributed by atoms with Gasteiger partial charge in [-0.1, -0.05) is 24.6 Å². The van der Waals surface area contributed by atoms with E-state index in [0.29, 0.717) is 17.3 Å². The highest BCUT2D eigenvalue weighted by molar-refractivity contribution is 6.31. The molecule has 0 N–H and O–H groups in total. The number of hydrogen-bond donors (Lipinski definition) is 0. The Bertz CT molecular complexity index is 968. The zero-order chi connectivity index (χ0) is 15.9. The van der Waals surface area contributed by atoms with Gasteiger partial charge in [0.15, 0.2) is 0 Å². The molecular formula is C15H15ClN4O2. The number of aromatic nitrogens is 4. The molecule has 0 fully saturated rings. The molecule has 0 aliphatic rings. The third kappa shape index (κ3) is 2.25. The average Bonchev–Trinajstić information content (AvgIpc) is 2.81. The van der Waals surface area contributed by atoms with E-state index in [1.54, 1.807) is 24.5 Å². The quantitative estimate of drug-likeness (QED) is 0.742. The van der Waals surface area contributed by atoms with Gasteiger partial charge < -0.3 is 0 Å². The average molecular weight is 319 g/mol. The molecule has 0 unspecified atom stereocenters. The van der Waals surface area contributed by atoms with E-state index in [9.17, 15) is 9.59 Å². The zero-order valence-electron chi connectivity index (χ0n) is 12.3. The topological polar surface area (TPSA) is 61.3 Å². The van der Waals surface area contributed by atoms with Gasteiger partial charge in [0.1, 0.15) is 0 Å². The Morgan fingerprint density at radius 2 is 2.00 bits per heavy atom. The fourth-order valence-electron chi connectivity index (χ4n) is 2.30. The highest BCUT2D eigenvalue weighted by Gasteiger charge is 2.12. The van der Waals surface area contributed by atoms with Crippen LogP contribution in [0.5, 0.6) is 0 Å². The van der Waals surface area contributed by atoms with Crippen molar-refractivity contribution in [3.63, 3.8) is 0 Å². The first-order valence-corrected chi connectivity index (χ1v) is 7.38. The van der Waals surface area contributed by atoms with Gasteiger partial charge in [0.2, 0.25) is 5.65 Å². The zero-order valence-corrected chi connectivity index (χ0v) is 13.0. The summed E-state index contributed by atoms with van der Waals surface area (Å²) in [6.45, 7) is 4.32. The number of nitrogens with zero attached hydrogens (tertiary/aromatic N) is 4. The first kappa shape index (κ1) is 14.6. The summed E-state index contributed by atoms with van der Waals surface area (Å²) in [5, 5.41) is 4.71. The van der Waals surface area contributed by atoms with E-state index in [0.717, 1.165) is 12.0 Å². The van der Waals surface area contributed by atoms with Crippen molar-refractivity contribution in [2.24, 2.45) is 0 Å². The summed E-state index contributed by atoms with van der Waals surface area (Å²) >= 11 is 6.11. The van der Waals surface area contributed by atoms with Crippen molar-refractivity contribution < 1.29 is 0 Å². The van der Waals surface area contributed by atoms with Gasteiger partial charge in [0.25, 0.3) is 0 Å². The maximum Gasteiger partial charge on any atom is 0.350 e. The summed E-state index contributed by atoms with van der Waals surface area (Å²) in [6.07, 6.45) is 3.87. The molecule has 0 atom stereocenters. The Balaban J connectivity index is 2.24. The molecule has 1 aromatic carbocycles. The minimum Gasteiger partial charge on any atom is -0.280 e. The van der Waals surface area contributed by atoms with E-state index in [1.807, 2.05) is 19.9 Å². The smallest absolute Gasteiger partial charge is 0.280 e. The standard InChI is InChI=1S/C15H15ClN4O2/c1-3-6-20-15(22)19-8-7-18(14(21)13(19)17-20)11-5-4-10(2)12(16)9-11/h4-5,7-9H,3,6H2,1-2H3. The molecule has 2 heterocycles. The summed E-state index contributed by atoms with van der Waals surface area (Å²) in [5.74, 6) is 0. The predicted octanol–water partition coefficient (Wildman–Crippen LogP) is 2.02. The maximum atomic E-state index is 12.6. The van der Waals surface area contributed by atoms with Crippen molar-refractivity contribution in [1.29, 1.82) is 0 Å². The Morgan fingerprint density at radius 1 is 1.23 bits per heavy atom. The Kier molecular flexibility index (Phi) is 3.62. The molecular weight excluding hydrogens is 304 g/mol. The van der Waals surface area contributed by atoms with E-state index in [4.69, 9.17) is 11.6 Å². The Morgan fingerprint density at radius 3 is 2.68 bits per heavy atom. The van der Waals surface area contributed by atoms with Crippen molar-refractivity contribution in [2.45, 2.75) is 26.8 Å². The molecule has 7 heteroatoms. The van der Waals surface area contributed by atoms with Gasteiger partial charge in [0, 0.05) is 24.0 Å². The fraction of sp³-hybridized carbons (Fsp3) is 0.267. The van der Waals surface area contributed by atoms with Crippen LogP contribution in [0.4, 0.5) is 0 Å². The van der Waals surface area contributed by atoms with Crippen molar-refractivity contribution >= 4 is 17.2 Å². The van der Waals surface area contributed by atoms with E-state index in [-0.39, 0.29) is 16.9 Å². The molecule has 0 saturated heterocycles. The largest absolute Gasteiger partial charge is 0.350 e. The predicted molar refractivity (Wildman–Crippen MR) is 85.1 cm³/mol. The number of benzene rings is 1. The van der Waals surface area contributed by atoms with Crippen molar-refractivity contribution in [3.05, 3.63) is 62.0 Å². The summed E-state index contributed by atoms with van der Waals surface area (Å²) in [5.41, 5.74) is 1.03. The second-order valence-electron chi connectivity index (χ2n) is 5.11. The number of halogens is 1. The molecule has 0 aliphatic carbocycles. The molecule has 0 saturated carbocycles. The van der Waals surface area contributed by atoms with E-state index in [2.05, 4.69) is 5.10 Å². The third-order valence-electron chi connectivity index (χ3n) is 3.51. The summed E-state index contributed by atoms with van der Waals surface area (Å²) < 4.78 is 4.01. The van der Waals surface area contributed by atoms with Crippen LogP contribution in [-0.4, -0.2) is 18.7 Å². The molecule has 6 nitrogen and oxygen atoms in total. The second-order valence-corrected chi connectivity index (χ2v) is 5.51. The monoisotopic (exact) mass is 318 g/mol. The number of rotatable bonds is 3. The van der Waals surface area contributed by atoms with Gasteiger partial charge in [-0.05, 0) is 31.0 Å². The molecule has 114 valence electrons. The van der Waals surface area contributed by atoms with Gasteiger partial charge in [-0.15, -0.1) is 5.10 Å². The summed E-state index contributed by atoms with van der Waals surface area (Å²) in [4.78, 5) is 24.7. The highest BCUT2D eigenvalue weighted by atomic mass is 35.5. The summed E-state index contributed by atoms with van der Waals surface area (Å²) in [6, 6.07) is 5.37. The van der Waals surface area contributed by atoms with Crippen LogP contribution in [-0.2, 0) is 6.54 Å². The SMILES string of the molecule is CCCn1nc2c(=O)n(-c3ccc(C)c(Cl)c3)ccn2c1=O. The normalized spacial score (nSPS) is 11.2. The minimum atomic E-state index is -0.352. The lowest BCUT2D eigenvalue weighted by molar-refractivity contribution is 0.582. The van der Waals surface area contributed by atoms with Gasteiger partial charge in [-0.25, -0.2) is 13.9 Å². The highest BCUT2D eigenvalue weighted by Crippen LogP contribution is 2.18. The number of hydrogen-bond acceptors (Lipinski definition) is 3. The number of aryl methyl sites for hydroxylation is 2. The molecule has 22 heavy (non-hydrogen) atoms. The third-order valence-corrected chi connectivity index (χ3v) is 3.92. The van der Waals surface area contributed by atoms with Gasteiger partial charge in [-0.3, -0.25) is 9.36 Å². The van der Waals surface area contributed by atoms with E-state index < -0.39 is 0 Å². The molecule has 0 aliphatic heterocycles. The van der Waals surface area contributed by atoms with Gasteiger partial charge in [-0.2, -0.15) is 0 Å². The number of fused-ring (bicyclic) bond motifs is 1. The van der Waals surface area contributed by atoms with E-state index in [1.165, 1.54) is 13.6 Å². The Labute approximate surface area is 131 Å². The van der Waals surface area contributed by atoms with Crippen LogP contribution in [0.3, 0.4) is 0 Å². The first-order chi connectivity index (χ1) is 10.5. The van der Waals surface area contributed by atoms with Crippen LogP contribution in [0.2, 0.25) is 5.02 Å². The lowest BCUT2D eigenvalue weighted by atomic mass is 10.2. The molecule has 3 rings (SSSR count). The van der Waals surface area contributed by atoms with Crippen LogP contribution in [0.15, 0.2) is 40.2 Å². The molecule has 0 spiro atoms. The molecule has 0 radical (unpaired) electrons. The molecule has 3 aromatic rings. The fourth-order valence-corrected chi connectivity index (χ4v) is 2.48. The van der Waals surface area contributed by atoms with Crippen LogP contribution < -0.4 is 11.2 Å². The molecule has 0 bridgehead atoms. The minimum absolute atomic E-state index is 0.109. The maximum absolute atomic E-state index is 12.6. The lowest BCUT2D eigenvalue weighted by Gasteiger charge is -2.07. The van der Waals surface area contributed by atoms with Crippen LogP contribution >= 0.6 is 11.6 Å². The lowest BCUT2D eigenvalue weighted by Crippen LogP contribution is -2.24. The van der Waals surface area contributed by atoms with Crippen molar-refractivity contribution in [1.82, 2.24) is 18.7 Å². The van der Waals surface area contributed by atoms with Crippen LogP contribution in [0.1, 0.15) is 18.9 Å². The molecule has 2 aromatic heterocycles. The second kappa shape index (κ2) is 5.46. The first-order valence-electron chi connectivity index (χ1n) is 7.00. The van der Waals surface area contributed by atoms with Gasteiger partial charge >= 0.3 is 11.2 Å². The van der Waals surface area contributed by atoms with Crippen molar-refractivity contribution in [2.75, 3.05) is 0 Å². The van der Waals surface area contributed by atoms with Crippen LogP contribution in [0.25, 0.3) is 11.3 Å². The van der Waals surface area contributed by atoms with Crippen LogP contribution in [0, 0.1) is 6.92 Å². The summed E-state index contributed by atoms with van der Waals surface area (Å²) in [7, 11) is 0.